The van der Waals surface area contributed by atoms with Crippen molar-refractivity contribution in [3.05, 3.63) is 52.9 Å². The molecule has 1 aromatic heterocycles. The third-order valence-corrected chi connectivity index (χ3v) is 7.10. The molecule has 1 aromatic carbocycles. The fraction of sp³-hybridized carbons (Fsp3) is 0.478. The summed E-state index contributed by atoms with van der Waals surface area (Å²) >= 11 is 0. The number of nitrogens with zero attached hydrogens (tertiary/aromatic N) is 2. The Bertz CT molecular complexity index is 1140. The molecule has 2 atom stereocenters. The first kappa shape index (κ1) is 22.4. The molecule has 4 rings (SSSR count). The summed E-state index contributed by atoms with van der Waals surface area (Å²) < 4.78 is 36.2. The third kappa shape index (κ3) is 4.67. The van der Waals surface area contributed by atoms with E-state index in [-0.39, 0.29) is 40.8 Å². The number of pyridine rings is 1. The smallest absolute Gasteiger partial charge is 0.410 e. The maximum Gasteiger partial charge on any atom is 0.410 e. The van der Waals surface area contributed by atoms with E-state index < -0.39 is 9.84 Å². The SMILES string of the molecule is CC(C)OC(=O)N1[C@@H]2CC[C@@H]1CC(Oc1ccn(-c3ccc(S(C)(=O)=O)cc3)c(=O)c1)C2. The van der Waals surface area contributed by atoms with Gasteiger partial charge in [-0.15, -0.1) is 0 Å². The van der Waals surface area contributed by atoms with Crippen molar-refractivity contribution in [3.8, 4) is 11.4 Å². The zero-order chi connectivity index (χ0) is 23.0. The van der Waals surface area contributed by atoms with Crippen LogP contribution in [-0.2, 0) is 14.6 Å². The van der Waals surface area contributed by atoms with E-state index in [0.29, 0.717) is 24.3 Å². The lowest BCUT2D eigenvalue weighted by Crippen LogP contribution is -2.49. The van der Waals surface area contributed by atoms with Gasteiger partial charge in [0.25, 0.3) is 5.56 Å². The molecule has 2 bridgehead atoms. The van der Waals surface area contributed by atoms with Gasteiger partial charge in [-0.3, -0.25) is 9.36 Å². The molecule has 0 saturated carbocycles. The van der Waals surface area contributed by atoms with Gasteiger partial charge in [0.05, 0.1) is 11.0 Å². The molecule has 2 aliphatic rings. The van der Waals surface area contributed by atoms with E-state index in [2.05, 4.69) is 0 Å². The van der Waals surface area contributed by atoms with Crippen LogP contribution >= 0.6 is 0 Å². The van der Waals surface area contributed by atoms with E-state index in [9.17, 15) is 18.0 Å². The summed E-state index contributed by atoms with van der Waals surface area (Å²) in [6, 6.07) is 9.52. The van der Waals surface area contributed by atoms with Crippen molar-refractivity contribution in [2.75, 3.05) is 6.26 Å². The van der Waals surface area contributed by atoms with Crippen LogP contribution in [0.3, 0.4) is 0 Å². The fourth-order valence-electron chi connectivity index (χ4n) is 4.58. The minimum Gasteiger partial charge on any atom is -0.490 e. The second-order valence-electron chi connectivity index (χ2n) is 8.77. The molecular weight excluding hydrogens is 432 g/mol. The van der Waals surface area contributed by atoms with Crippen molar-refractivity contribution in [3.63, 3.8) is 0 Å². The van der Waals surface area contributed by atoms with Gasteiger partial charge in [0, 0.05) is 49.1 Å². The highest BCUT2D eigenvalue weighted by molar-refractivity contribution is 7.90. The van der Waals surface area contributed by atoms with E-state index >= 15 is 0 Å². The number of benzene rings is 1. The van der Waals surface area contributed by atoms with Crippen molar-refractivity contribution in [1.29, 1.82) is 0 Å². The minimum atomic E-state index is -3.29. The van der Waals surface area contributed by atoms with Gasteiger partial charge >= 0.3 is 6.09 Å². The topological polar surface area (TPSA) is 94.9 Å². The molecule has 32 heavy (non-hydrogen) atoms. The number of rotatable bonds is 5. The first-order valence-corrected chi connectivity index (χ1v) is 12.7. The number of carbonyl (C=O) groups excluding carboxylic acids is 1. The molecule has 8 nitrogen and oxygen atoms in total. The van der Waals surface area contributed by atoms with Crippen LogP contribution in [0.5, 0.6) is 5.75 Å². The van der Waals surface area contributed by atoms with Gasteiger partial charge in [0.15, 0.2) is 9.84 Å². The molecular formula is C23H28N2O6S. The molecule has 2 fully saturated rings. The third-order valence-electron chi connectivity index (χ3n) is 5.97. The average molecular weight is 461 g/mol. The lowest BCUT2D eigenvalue weighted by molar-refractivity contribution is 0.0219. The number of ether oxygens (including phenoxy) is 2. The zero-order valence-electron chi connectivity index (χ0n) is 18.4. The van der Waals surface area contributed by atoms with Gasteiger partial charge in [-0.25, -0.2) is 13.2 Å². The van der Waals surface area contributed by atoms with Crippen molar-refractivity contribution >= 4 is 15.9 Å². The molecule has 1 amide bonds. The monoisotopic (exact) mass is 460 g/mol. The van der Waals surface area contributed by atoms with Crippen molar-refractivity contribution < 1.29 is 22.7 Å². The van der Waals surface area contributed by atoms with Crippen LogP contribution in [0.2, 0.25) is 0 Å². The summed E-state index contributed by atoms with van der Waals surface area (Å²) in [6.45, 7) is 3.69. The normalized spacial score (nSPS) is 22.8. The Hall–Kier alpha value is -2.81. The highest BCUT2D eigenvalue weighted by Gasteiger charge is 2.45. The highest BCUT2D eigenvalue weighted by Crippen LogP contribution is 2.37. The van der Waals surface area contributed by atoms with Crippen LogP contribution in [-0.4, -0.2) is 54.5 Å². The van der Waals surface area contributed by atoms with Crippen LogP contribution in [0.4, 0.5) is 4.79 Å². The Morgan fingerprint density at radius 3 is 2.22 bits per heavy atom. The van der Waals surface area contributed by atoms with Crippen LogP contribution < -0.4 is 10.3 Å². The van der Waals surface area contributed by atoms with Crippen molar-refractivity contribution in [2.24, 2.45) is 0 Å². The summed E-state index contributed by atoms with van der Waals surface area (Å²) in [7, 11) is -3.29. The van der Waals surface area contributed by atoms with E-state index in [0.717, 1.165) is 19.1 Å². The van der Waals surface area contributed by atoms with Crippen molar-refractivity contribution in [2.45, 2.75) is 68.7 Å². The number of fused-ring (bicyclic) bond motifs is 2. The number of hydrogen-bond acceptors (Lipinski definition) is 6. The molecule has 0 spiro atoms. The number of carbonyl (C=O) groups is 1. The molecule has 2 aliphatic heterocycles. The second kappa shape index (κ2) is 8.61. The van der Waals surface area contributed by atoms with Crippen molar-refractivity contribution in [1.82, 2.24) is 9.47 Å². The number of amides is 1. The van der Waals surface area contributed by atoms with Gasteiger partial charge in [-0.1, -0.05) is 0 Å². The van der Waals surface area contributed by atoms with Crippen LogP contribution in [0.1, 0.15) is 39.5 Å². The number of aromatic nitrogens is 1. The van der Waals surface area contributed by atoms with Gasteiger partial charge in [0.1, 0.15) is 11.9 Å². The quantitative estimate of drug-likeness (QED) is 0.680. The Morgan fingerprint density at radius 2 is 1.69 bits per heavy atom. The summed E-state index contributed by atoms with van der Waals surface area (Å²) in [4.78, 5) is 27.1. The maximum absolute atomic E-state index is 12.6. The molecule has 9 heteroatoms. The lowest BCUT2D eigenvalue weighted by Gasteiger charge is -2.38. The standard InChI is InChI=1S/C23H28N2O6S/c1-15(2)30-23(27)25-17-4-5-18(25)13-20(12-17)31-19-10-11-24(22(26)14-19)16-6-8-21(9-7-16)32(3,28)29/h6-11,14-15,17-18,20H,4-5,12-13H2,1-3H3/t17-,18-/m1/s1. The molecule has 2 saturated heterocycles. The van der Waals surface area contributed by atoms with Gasteiger partial charge < -0.3 is 14.4 Å². The molecule has 2 aromatic rings. The summed E-state index contributed by atoms with van der Waals surface area (Å²) in [5.74, 6) is 0.488. The number of piperidine rings is 1. The largest absolute Gasteiger partial charge is 0.490 e. The first-order chi connectivity index (χ1) is 15.1. The number of hydrogen-bond donors (Lipinski definition) is 0. The Kier molecular flexibility index (Phi) is 6.03. The molecule has 172 valence electrons. The predicted molar refractivity (Wildman–Crippen MR) is 119 cm³/mol. The molecule has 0 radical (unpaired) electrons. The molecule has 3 heterocycles. The molecule has 0 unspecified atom stereocenters. The Morgan fingerprint density at radius 1 is 1.06 bits per heavy atom. The zero-order valence-corrected chi connectivity index (χ0v) is 19.2. The van der Waals surface area contributed by atoms with Crippen LogP contribution in [0.15, 0.2) is 52.3 Å². The minimum absolute atomic E-state index is 0.0695. The summed E-state index contributed by atoms with van der Waals surface area (Å²) in [5.41, 5.74) is 0.305. The first-order valence-electron chi connectivity index (χ1n) is 10.8. The maximum atomic E-state index is 12.6. The van der Waals surface area contributed by atoms with E-state index in [1.165, 1.54) is 22.8 Å². The van der Waals surface area contributed by atoms with Gasteiger partial charge in [0.2, 0.25) is 0 Å². The Labute approximate surface area is 187 Å². The lowest BCUT2D eigenvalue weighted by atomic mass is 10.0. The Balaban J connectivity index is 1.44. The van der Waals surface area contributed by atoms with Crippen LogP contribution in [0.25, 0.3) is 5.69 Å². The molecule has 0 N–H and O–H groups in total. The van der Waals surface area contributed by atoms with Gasteiger partial charge in [-0.05, 0) is 57.0 Å². The van der Waals surface area contributed by atoms with E-state index in [4.69, 9.17) is 9.47 Å². The fourth-order valence-corrected chi connectivity index (χ4v) is 5.21. The summed E-state index contributed by atoms with van der Waals surface area (Å²) in [5, 5.41) is 0. The van der Waals surface area contributed by atoms with Crippen LogP contribution in [0, 0.1) is 0 Å². The second-order valence-corrected chi connectivity index (χ2v) is 10.8. The van der Waals surface area contributed by atoms with E-state index in [1.807, 2.05) is 18.7 Å². The van der Waals surface area contributed by atoms with Gasteiger partial charge in [-0.2, -0.15) is 0 Å². The average Bonchev–Trinajstić information content (AvgIpc) is 2.98. The van der Waals surface area contributed by atoms with E-state index in [1.54, 1.807) is 24.4 Å². The highest BCUT2D eigenvalue weighted by atomic mass is 32.2. The molecule has 0 aliphatic carbocycles. The summed E-state index contributed by atoms with van der Waals surface area (Å²) in [6.07, 6.45) is 5.58. The number of sulfone groups is 1. The predicted octanol–water partition coefficient (Wildman–Crippen LogP) is 3.16.